The smallest absolute Gasteiger partial charge is 0.326 e. The molecule has 0 aliphatic heterocycles. The third kappa shape index (κ3) is 3.75. The molecule has 1 aromatic heterocycles. The first-order valence-electron chi connectivity index (χ1n) is 5.39. The fraction of sp³-hybridized carbons (Fsp3) is 0.455. The van der Waals surface area contributed by atoms with Gasteiger partial charge in [0.2, 0.25) is 0 Å². The van der Waals surface area contributed by atoms with E-state index in [1.165, 1.54) is 5.38 Å². The van der Waals surface area contributed by atoms with Crippen LogP contribution < -0.4 is 5.32 Å². The number of rotatable bonds is 4. The minimum atomic E-state index is -1.15. The second-order valence-corrected chi connectivity index (χ2v) is 5.93. The maximum absolute atomic E-state index is 11.9. The van der Waals surface area contributed by atoms with Gasteiger partial charge in [0.15, 0.2) is 0 Å². The summed E-state index contributed by atoms with van der Waals surface area (Å²) >= 11 is 0.822. The van der Waals surface area contributed by atoms with Crippen molar-refractivity contribution in [3.05, 3.63) is 27.1 Å². The maximum Gasteiger partial charge on any atom is 0.326 e. The Labute approximate surface area is 113 Å². The van der Waals surface area contributed by atoms with Gasteiger partial charge in [0.25, 0.3) is 5.91 Å². The number of carboxylic acid groups (broad SMARTS) is 1. The molecule has 0 bridgehead atoms. The van der Waals surface area contributed by atoms with E-state index in [0.29, 0.717) is 0 Å². The lowest BCUT2D eigenvalue weighted by Crippen LogP contribution is -2.49. The fourth-order valence-corrected chi connectivity index (χ4v) is 2.11. The van der Waals surface area contributed by atoms with Crippen molar-refractivity contribution < 1.29 is 19.6 Å². The van der Waals surface area contributed by atoms with Crippen LogP contribution in [0.2, 0.25) is 0 Å². The Balaban J connectivity index is 2.88. The van der Waals surface area contributed by atoms with E-state index in [9.17, 15) is 19.7 Å². The molecule has 0 spiro atoms. The molecule has 1 heterocycles. The van der Waals surface area contributed by atoms with Crippen molar-refractivity contribution in [2.45, 2.75) is 26.8 Å². The van der Waals surface area contributed by atoms with Gasteiger partial charge in [0.05, 0.1) is 10.5 Å². The molecule has 0 saturated carbocycles. The molecule has 1 rings (SSSR count). The highest BCUT2D eigenvalue weighted by molar-refractivity contribution is 7.13. The molecule has 1 aromatic rings. The third-order valence-electron chi connectivity index (χ3n) is 2.42. The fourth-order valence-electron chi connectivity index (χ4n) is 1.40. The SMILES string of the molecule is CC(C)(C)[C@@H](NC(=O)c1csc([N+](=O)[O-])c1)C(=O)O. The predicted molar refractivity (Wildman–Crippen MR) is 69.3 cm³/mol. The Morgan fingerprint density at radius 2 is 2.05 bits per heavy atom. The number of nitrogens with zero attached hydrogens (tertiary/aromatic N) is 1. The first-order valence-corrected chi connectivity index (χ1v) is 6.27. The van der Waals surface area contributed by atoms with Crippen LogP contribution in [0.4, 0.5) is 5.00 Å². The van der Waals surface area contributed by atoms with Crippen LogP contribution in [0, 0.1) is 15.5 Å². The van der Waals surface area contributed by atoms with E-state index in [-0.39, 0.29) is 10.6 Å². The molecule has 0 fully saturated rings. The number of carbonyl (C=O) groups excluding carboxylic acids is 1. The molecule has 1 atom stereocenters. The molecule has 19 heavy (non-hydrogen) atoms. The van der Waals surface area contributed by atoms with Gasteiger partial charge in [-0.05, 0) is 5.41 Å². The molecule has 0 aliphatic rings. The van der Waals surface area contributed by atoms with Gasteiger partial charge < -0.3 is 10.4 Å². The number of carbonyl (C=O) groups is 2. The zero-order chi connectivity index (χ0) is 14.8. The van der Waals surface area contributed by atoms with E-state index in [1.54, 1.807) is 20.8 Å². The second-order valence-electron chi connectivity index (χ2n) is 5.04. The molecule has 2 N–H and O–H groups in total. The molecule has 104 valence electrons. The zero-order valence-electron chi connectivity index (χ0n) is 10.7. The van der Waals surface area contributed by atoms with E-state index in [2.05, 4.69) is 5.32 Å². The van der Waals surface area contributed by atoms with Gasteiger partial charge in [-0.1, -0.05) is 32.1 Å². The highest BCUT2D eigenvalue weighted by atomic mass is 32.1. The van der Waals surface area contributed by atoms with Gasteiger partial charge in [-0.2, -0.15) is 0 Å². The predicted octanol–water partition coefficient (Wildman–Crippen LogP) is 1.89. The number of aliphatic carboxylic acids is 1. The first kappa shape index (κ1) is 15.1. The number of amides is 1. The Morgan fingerprint density at radius 1 is 1.47 bits per heavy atom. The normalized spacial score (nSPS) is 12.8. The lowest BCUT2D eigenvalue weighted by Gasteiger charge is -2.27. The lowest BCUT2D eigenvalue weighted by atomic mass is 9.86. The van der Waals surface area contributed by atoms with Gasteiger partial charge >= 0.3 is 11.0 Å². The molecular formula is C11H14N2O5S. The molecule has 0 saturated heterocycles. The Hall–Kier alpha value is -1.96. The molecule has 7 nitrogen and oxygen atoms in total. The van der Waals surface area contributed by atoms with Crippen LogP contribution in [0.15, 0.2) is 11.4 Å². The van der Waals surface area contributed by atoms with E-state index in [4.69, 9.17) is 5.11 Å². The first-order chi connectivity index (χ1) is 8.62. The van der Waals surface area contributed by atoms with E-state index >= 15 is 0 Å². The van der Waals surface area contributed by atoms with Crippen LogP contribution in [-0.4, -0.2) is 27.9 Å². The Kier molecular flexibility index (Phi) is 4.25. The number of nitro groups is 1. The average molecular weight is 286 g/mol. The van der Waals surface area contributed by atoms with Crippen molar-refractivity contribution in [2.24, 2.45) is 5.41 Å². The summed E-state index contributed by atoms with van der Waals surface area (Å²) in [7, 11) is 0. The standard InChI is InChI=1S/C11H14N2O5S/c1-11(2,3)8(10(15)16)12-9(14)6-4-7(13(17)18)19-5-6/h4-5,8H,1-3H3,(H,12,14)(H,15,16)/t8-/m0/s1. The van der Waals surface area contributed by atoms with Crippen LogP contribution in [0.5, 0.6) is 0 Å². The molecule has 0 unspecified atom stereocenters. The summed E-state index contributed by atoms with van der Waals surface area (Å²) in [6.07, 6.45) is 0. The van der Waals surface area contributed by atoms with E-state index < -0.39 is 28.3 Å². The average Bonchev–Trinajstić information content (AvgIpc) is 2.72. The van der Waals surface area contributed by atoms with Crippen LogP contribution in [0.1, 0.15) is 31.1 Å². The molecule has 0 aliphatic carbocycles. The molecule has 8 heteroatoms. The highest BCUT2D eigenvalue weighted by Crippen LogP contribution is 2.24. The van der Waals surface area contributed by atoms with Gasteiger partial charge in [-0.3, -0.25) is 14.9 Å². The molecular weight excluding hydrogens is 272 g/mol. The largest absolute Gasteiger partial charge is 0.480 e. The summed E-state index contributed by atoms with van der Waals surface area (Å²) in [5.74, 6) is -1.78. The minimum absolute atomic E-state index is 0.0900. The number of nitrogens with one attached hydrogen (secondary N) is 1. The summed E-state index contributed by atoms with van der Waals surface area (Å²) < 4.78 is 0. The number of thiophene rings is 1. The van der Waals surface area contributed by atoms with E-state index in [0.717, 1.165) is 17.4 Å². The Bertz CT molecular complexity index is 517. The second kappa shape index (κ2) is 5.35. The van der Waals surface area contributed by atoms with Crippen molar-refractivity contribution in [3.8, 4) is 0 Å². The highest BCUT2D eigenvalue weighted by Gasteiger charge is 2.33. The molecule has 0 aromatic carbocycles. The van der Waals surface area contributed by atoms with Gasteiger partial charge in [0.1, 0.15) is 6.04 Å². The summed E-state index contributed by atoms with van der Waals surface area (Å²) in [5, 5.41) is 23.1. The zero-order valence-corrected chi connectivity index (χ0v) is 11.5. The van der Waals surface area contributed by atoms with Crippen molar-refractivity contribution >= 4 is 28.2 Å². The van der Waals surface area contributed by atoms with Gasteiger partial charge in [0, 0.05) is 11.4 Å². The van der Waals surface area contributed by atoms with Crippen LogP contribution >= 0.6 is 11.3 Å². The third-order valence-corrected chi connectivity index (χ3v) is 3.30. The summed E-state index contributed by atoms with van der Waals surface area (Å²) in [6.45, 7) is 5.05. The van der Waals surface area contributed by atoms with Crippen molar-refractivity contribution in [1.82, 2.24) is 5.32 Å². The van der Waals surface area contributed by atoms with E-state index in [1.807, 2.05) is 0 Å². The summed E-state index contributed by atoms with van der Waals surface area (Å²) in [5.41, 5.74) is -0.573. The lowest BCUT2D eigenvalue weighted by molar-refractivity contribution is -0.380. The maximum atomic E-state index is 11.9. The Morgan fingerprint density at radius 3 is 2.42 bits per heavy atom. The van der Waals surface area contributed by atoms with Crippen LogP contribution in [0.25, 0.3) is 0 Å². The quantitative estimate of drug-likeness (QED) is 0.648. The van der Waals surface area contributed by atoms with Crippen molar-refractivity contribution in [2.75, 3.05) is 0 Å². The monoisotopic (exact) mass is 286 g/mol. The van der Waals surface area contributed by atoms with Crippen molar-refractivity contribution in [1.29, 1.82) is 0 Å². The van der Waals surface area contributed by atoms with Crippen molar-refractivity contribution in [3.63, 3.8) is 0 Å². The topological polar surface area (TPSA) is 110 Å². The van der Waals surface area contributed by atoms with Crippen LogP contribution in [0.3, 0.4) is 0 Å². The minimum Gasteiger partial charge on any atom is -0.480 e. The number of carboxylic acids is 1. The molecule has 0 radical (unpaired) electrons. The summed E-state index contributed by atoms with van der Waals surface area (Å²) in [6, 6.07) is 0.0561. The van der Waals surface area contributed by atoms with Gasteiger partial charge in [-0.25, -0.2) is 4.79 Å². The summed E-state index contributed by atoms with van der Waals surface area (Å²) in [4.78, 5) is 32.9. The number of hydrogen-bond donors (Lipinski definition) is 2. The number of hydrogen-bond acceptors (Lipinski definition) is 5. The van der Waals surface area contributed by atoms with Crippen LogP contribution in [-0.2, 0) is 4.79 Å². The van der Waals surface area contributed by atoms with Gasteiger partial charge in [-0.15, -0.1) is 0 Å². The molecule has 1 amide bonds.